The Balaban J connectivity index is 1.34. The highest BCUT2D eigenvalue weighted by atomic mass is 19.1. The lowest BCUT2D eigenvalue weighted by atomic mass is 10.0. The van der Waals surface area contributed by atoms with Crippen molar-refractivity contribution in [2.75, 3.05) is 0 Å². The first-order valence-corrected chi connectivity index (χ1v) is 13.0. The summed E-state index contributed by atoms with van der Waals surface area (Å²) < 4.78 is 27.6. The first kappa shape index (κ1) is 25.1. The number of nitrogens with zero attached hydrogens (tertiary/aromatic N) is 1. The molecule has 40 heavy (non-hydrogen) atoms. The summed E-state index contributed by atoms with van der Waals surface area (Å²) in [5, 5.41) is 0.964. The Hall–Kier alpha value is -5.16. The van der Waals surface area contributed by atoms with Crippen LogP contribution in [-0.4, -0.2) is 10.5 Å². The zero-order chi connectivity index (χ0) is 27.3. The number of rotatable bonds is 8. The van der Waals surface area contributed by atoms with Crippen LogP contribution in [0, 0.1) is 5.82 Å². The van der Waals surface area contributed by atoms with Crippen LogP contribution < -0.4 is 4.74 Å². The molecule has 0 aliphatic rings. The number of esters is 1. The van der Waals surface area contributed by atoms with E-state index in [1.807, 2.05) is 91.0 Å². The predicted octanol–water partition coefficient (Wildman–Crippen LogP) is 8.37. The summed E-state index contributed by atoms with van der Waals surface area (Å²) in [5.74, 6) is 0.126. The molecule has 196 valence electrons. The van der Waals surface area contributed by atoms with E-state index in [9.17, 15) is 9.18 Å². The zero-order valence-corrected chi connectivity index (χ0v) is 21.7. The molecular formula is C35H26FNO3. The molecule has 0 amide bonds. The van der Waals surface area contributed by atoms with Crippen LogP contribution in [0.2, 0.25) is 0 Å². The number of halogens is 1. The standard InChI is InChI=1S/C35H26FNO3/c36-29-18-20-30(21-19-29)37-22-31(34-32(37)12-7-13-33(34)39-23-25-8-3-1-4-9-25)27-16-14-26(15-17-27)24-40-35(38)28-10-5-2-6-11-28/h1-22H,23-24H2. The van der Waals surface area contributed by atoms with Crippen molar-refractivity contribution in [2.24, 2.45) is 0 Å². The molecule has 6 rings (SSSR count). The number of hydrogen-bond donors (Lipinski definition) is 0. The van der Waals surface area contributed by atoms with Gasteiger partial charge >= 0.3 is 5.97 Å². The molecule has 5 heteroatoms. The number of carbonyl (C=O) groups excluding carboxylic acids is 1. The Bertz CT molecular complexity index is 1740. The van der Waals surface area contributed by atoms with Gasteiger partial charge in [-0.2, -0.15) is 0 Å². The van der Waals surface area contributed by atoms with Crippen molar-refractivity contribution in [3.63, 3.8) is 0 Å². The molecule has 0 aliphatic carbocycles. The molecule has 0 saturated heterocycles. The molecule has 0 spiro atoms. The first-order valence-electron chi connectivity index (χ1n) is 13.0. The van der Waals surface area contributed by atoms with Crippen molar-refractivity contribution in [2.45, 2.75) is 13.2 Å². The third-order valence-electron chi connectivity index (χ3n) is 6.78. The van der Waals surface area contributed by atoms with E-state index in [4.69, 9.17) is 9.47 Å². The molecule has 4 nitrogen and oxygen atoms in total. The molecule has 0 aliphatic heterocycles. The molecule has 0 fully saturated rings. The van der Waals surface area contributed by atoms with E-state index in [0.29, 0.717) is 12.2 Å². The fraction of sp³-hybridized carbons (Fsp3) is 0.0571. The lowest BCUT2D eigenvalue weighted by Gasteiger charge is -2.11. The average molecular weight is 528 g/mol. The van der Waals surface area contributed by atoms with Crippen LogP contribution in [0.1, 0.15) is 21.5 Å². The van der Waals surface area contributed by atoms with Crippen LogP contribution in [0.5, 0.6) is 5.75 Å². The van der Waals surface area contributed by atoms with Gasteiger partial charge in [0.2, 0.25) is 0 Å². The van der Waals surface area contributed by atoms with Gasteiger partial charge < -0.3 is 14.0 Å². The van der Waals surface area contributed by atoms with Gasteiger partial charge in [0.1, 0.15) is 24.8 Å². The molecule has 0 unspecified atom stereocenters. The summed E-state index contributed by atoms with van der Waals surface area (Å²) in [5.41, 5.74) is 6.26. The van der Waals surface area contributed by atoms with Crippen LogP contribution in [-0.2, 0) is 18.0 Å². The van der Waals surface area contributed by atoms with Gasteiger partial charge in [0.25, 0.3) is 0 Å². The van der Waals surface area contributed by atoms with Gasteiger partial charge in [0, 0.05) is 22.8 Å². The number of aromatic nitrogens is 1. The summed E-state index contributed by atoms with van der Waals surface area (Å²) >= 11 is 0. The van der Waals surface area contributed by atoms with E-state index < -0.39 is 0 Å². The quantitative estimate of drug-likeness (QED) is 0.187. The molecule has 0 saturated carbocycles. The largest absolute Gasteiger partial charge is 0.488 e. The Morgan fingerprint density at radius 2 is 1.35 bits per heavy atom. The third-order valence-corrected chi connectivity index (χ3v) is 6.78. The maximum atomic E-state index is 13.7. The van der Waals surface area contributed by atoms with Gasteiger partial charge in [-0.1, -0.05) is 78.9 Å². The van der Waals surface area contributed by atoms with Crippen molar-refractivity contribution in [3.8, 4) is 22.6 Å². The second-order valence-corrected chi connectivity index (χ2v) is 9.45. The van der Waals surface area contributed by atoms with E-state index in [2.05, 4.69) is 10.8 Å². The molecular weight excluding hydrogens is 501 g/mol. The van der Waals surface area contributed by atoms with Crippen molar-refractivity contribution < 1.29 is 18.7 Å². The van der Waals surface area contributed by atoms with Crippen molar-refractivity contribution in [1.82, 2.24) is 4.57 Å². The van der Waals surface area contributed by atoms with E-state index in [1.54, 1.807) is 24.3 Å². The smallest absolute Gasteiger partial charge is 0.338 e. The minimum atomic E-state index is -0.354. The number of ether oxygens (including phenoxy) is 2. The summed E-state index contributed by atoms with van der Waals surface area (Å²) in [6, 6.07) is 39.4. The zero-order valence-electron chi connectivity index (χ0n) is 21.7. The maximum absolute atomic E-state index is 13.7. The molecule has 1 heterocycles. The van der Waals surface area contributed by atoms with Crippen molar-refractivity contribution in [1.29, 1.82) is 0 Å². The van der Waals surface area contributed by atoms with Gasteiger partial charge in [-0.05, 0) is 65.2 Å². The SMILES string of the molecule is O=C(OCc1ccc(-c2cn(-c3ccc(F)cc3)c3cccc(OCc4ccccc4)c23)cc1)c1ccccc1. The summed E-state index contributed by atoms with van der Waals surface area (Å²) in [6.07, 6.45) is 2.05. The van der Waals surface area contributed by atoms with Crippen LogP contribution in [0.4, 0.5) is 4.39 Å². The average Bonchev–Trinajstić information content (AvgIpc) is 3.41. The lowest BCUT2D eigenvalue weighted by Crippen LogP contribution is -2.04. The second kappa shape index (κ2) is 11.3. The topological polar surface area (TPSA) is 40.5 Å². The van der Waals surface area contributed by atoms with E-state index in [0.717, 1.165) is 44.6 Å². The van der Waals surface area contributed by atoms with E-state index in [-0.39, 0.29) is 18.4 Å². The third kappa shape index (κ3) is 5.36. The number of benzene rings is 5. The van der Waals surface area contributed by atoms with E-state index in [1.165, 1.54) is 12.1 Å². The fourth-order valence-electron chi connectivity index (χ4n) is 4.73. The molecule has 0 bridgehead atoms. The highest BCUT2D eigenvalue weighted by Crippen LogP contribution is 2.39. The van der Waals surface area contributed by atoms with Crippen molar-refractivity contribution in [3.05, 3.63) is 156 Å². The van der Waals surface area contributed by atoms with Crippen LogP contribution in [0.25, 0.3) is 27.7 Å². The van der Waals surface area contributed by atoms with Gasteiger partial charge in [0.15, 0.2) is 0 Å². The highest BCUT2D eigenvalue weighted by molar-refractivity contribution is 6.01. The summed E-state index contributed by atoms with van der Waals surface area (Å²) in [6.45, 7) is 0.615. The second-order valence-electron chi connectivity index (χ2n) is 9.45. The minimum Gasteiger partial charge on any atom is -0.488 e. The Morgan fingerprint density at radius 1 is 0.675 bits per heavy atom. The monoisotopic (exact) mass is 527 g/mol. The molecule has 0 atom stereocenters. The Labute approximate surface area is 231 Å². The predicted molar refractivity (Wildman–Crippen MR) is 155 cm³/mol. The minimum absolute atomic E-state index is 0.177. The van der Waals surface area contributed by atoms with Gasteiger partial charge in [0.05, 0.1) is 11.1 Å². The number of carbonyl (C=O) groups is 1. The van der Waals surface area contributed by atoms with Gasteiger partial charge in [-0.15, -0.1) is 0 Å². The molecule has 1 aromatic heterocycles. The lowest BCUT2D eigenvalue weighted by molar-refractivity contribution is 0.0472. The van der Waals surface area contributed by atoms with E-state index >= 15 is 0 Å². The number of hydrogen-bond acceptors (Lipinski definition) is 3. The molecule has 0 radical (unpaired) electrons. The van der Waals surface area contributed by atoms with Crippen LogP contribution in [0.15, 0.2) is 134 Å². The van der Waals surface area contributed by atoms with Crippen LogP contribution in [0.3, 0.4) is 0 Å². The van der Waals surface area contributed by atoms with Gasteiger partial charge in [-0.3, -0.25) is 0 Å². The van der Waals surface area contributed by atoms with Crippen LogP contribution >= 0.6 is 0 Å². The first-order chi connectivity index (χ1) is 19.7. The summed E-state index contributed by atoms with van der Waals surface area (Å²) in [7, 11) is 0. The normalized spacial score (nSPS) is 10.9. The van der Waals surface area contributed by atoms with Gasteiger partial charge in [-0.25, -0.2) is 9.18 Å². The maximum Gasteiger partial charge on any atom is 0.338 e. The van der Waals surface area contributed by atoms with Crippen molar-refractivity contribution >= 4 is 16.9 Å². The number of fused-ring (bicyclic) bond motifs is 1. The molecule has 6 aromatic rings. The molecule has 5 aromatic carbocycles. The Morgan fingerprint density at radius 3 is 2.08 bits per heavy atom. The fourth-order valence-corrected chi connectivity index (χ4v) is 4.73. The molecule has 0 N–H and O–H groups in total. The Kier molecular flexibility index (Phi) is 7.10. The summed E-state index contributed by atoms with van der Waals surface area (Å²) in [4.78, 5) is 12.4. The highest BCUT2D eigenvalue weighted by Gasteiger charge is 2.17.